The Balaban J connectivity index is 2.41. The van der Waals surface area contributed by atoms with Crippen molar-refractivity contribution in [2.45, 2.75) is 12.3 Å². The number of hydrogen-bond donors (Lipinski definition) is 0. The summed E-state index contributed by atoms with van der Waals surface area (Å²) in [7, 11) is 1.42. The predicted octanol–water partition coefficient (Wildman–Crippen LogP) is 5.12. The van der Waals surface area contributed by atoms with E-state index in [2.05, 4.69) is 0 Å². The van der Waals surface area contributed by atoms with Crippen molar-refractivity contribution in [2.75, 3.05) is 7.11 Å². The topological polar surface area (TPSA) is 9.23 Å². The summed E-state index contributed by atoms with van der Waals surface area (Å²) in [5.41, 5.74) is 2.36. The highest BCUT2D eigenvalue weighted by Gasteiger charge is 2.17. The van der Waals surface area contributed by atoms with E-state index in [4.69, 9.17) is 27.9 Å². The van der Waals surface area contributed by atoms with Crippen LogP contribution < -0.4 is 4.74 Å². The molecular weight excluding hydrogens is 286 g/mol. The molecule has 100 valence electrons. The smallest absolute Gasteiger partial charge is 0.165 e. The van der Waals surface area contributed by atoms with Crippen LogP contribution in [0.4, 0.5) is 4.39 Å². The fourth-order valence-corrected chi connectivity index (χ4v) is 2.49. The van der Waals surface area contributed by atoms with E-state index >= 15 is 0 Å². The Bertz CT molecular complexity index is 599. The molecule has 2 rings (SSSR count). The van der Waals surface area contributed by atoms with Gasteiger partial charge in [-0.25, -0.2) is 4.39 Å². The lowest BCUT2D eigenvalue weighted by Gasteiger charge is -2.14. The Kier molecular flexibility index (Phi) is 4.33. The van der Waals surface area contributed by atoms with Gasteiger partial charge in [-0.3, -0.25) is 0 Å². The van der Waals surface area contributed by atoms with E-state index in [-0.39, 0.29) is 5.75 Å². The molecule has 0 aliphatic rings. The molecule has 4 heteroatoms. The summed E-state index contributed by atoms with van der Waals surface area (Å²) >= 11 is 12.6. The number of aryl methyl sites for hydroxylation is 1. The third-order valence-corrected chi connectivity index (χ3v) is 3.97. The largest absolute Gasteiger partial charge is 0.494 e. The summed E-state index contributed by atoms with van der Waals surface area (Å²) < 4.78 is 18.6. The zero-order valence-corrected chi connectivity index (χ0v) is 12.1. The van der Waals surface area contributed by atoms with E-state index < -0.39 is 11.2 Å². The van der Waals surface area contributed by atoms with Gasteiger partial charge in [-0.05, 0) is 35.7 Å². The number of benzene rings is 2. The molecule has 1 atom stereocenters. The van der Waals surface area contributed by atoms with Crippen molar-refractivity contribution in [3.63, 3.8) is 0 Å². The van der Waals surface area contributed by atoms with Gasteiger partial charge in [-0.1, -0.05) is 35.9 Å². The van der Waals surface area contributed by atoms with Gasteiger partial charge in [0.25, 0.3) is 0 Å². The SMILES string of the molecule is COc1ccc(C(Cl)c2cccc(C)c2Cl)cc1F. The standard InChI is InChI=1S/C15H13Cl2FO/c1-9-4-3-5-11(14(9)16)15(17)10-6-7-13(19-2)12(18)8-10/h3-8,15H,1-2H3. The van der Waals surface area contributed by atoms with Gasteiger partial charge in [0.05, 0.1) is 12.5 Å². The molecule has 0 bridgehead atoms. The first-order chi connectivity index (χ1) is 9.04. The number of methoxy groups -OCH3 is 1. The van der Waals surface area contributed by atoms with Crippen LogP contribution in [0.15, 0.2) is 36.4 Å². The second kappa shape index (κ2) is 5.81. The number of alkyl halides is 1. The molecule has 0 aliphatic carbocycles. The maximum absolute atomic E-state index is 13.7. The minimum absolute atomic E-state index is 0.197. The fourth-order valence-electron chi connectivity index (χ4n) is 1.89. The number of ether oxygens (including phenoxy) is 1. The monoisotopic (exact) mass is 298 g/mol. The lowest BCUT2D eigenvalue weighted by Crippen LogP contribution is -1.97. The minimum Gasteiger partial charge on any atom is -0.494 e. The molecule has 2 aromatic rings. The quantitative estimate of drug-likeness (QED) is 0.714. The van der Waals surface area contributed by atoms with Crippen molar-refractivity contribution < 1.29 is 9.13 Å². The van der Waals surface area contributed by atoms with Crippen LogP contribution in [0.2, 0.25) is 5.02 Å². The second-order valence-electron chi connectivity index (χ2n) is 4.23. The van der Waals surface area contributed by atoms with Gasteiger partial charge in [0.15, 0.2) is 11.6 Å². The van der Waals surface area contributed by atoms with Crippen LogP contribution in [-0.4, -0.2) is 7.11 Å². The van der Waals surface area contributed by atoms with Crippen LogP contribution >= 0.6 is 23.2 Å². The van der Waals surface area contributed by atoms with Crippen LogP contribution in [0.3, 0.4) is 0 Å². The van der Waals surface area contributed by atoms with Crippen LogP contribution in [0, 0.1) is 12.7 Å². The molecule has 0 amide bonds. The molecule has 0 saturated carbocycles. The summed E-state index contributed by atoms with van der Waals surface area (Å²) in [5, 5.41) is 0.117. The molecule has 1 unspecified atom stereocenters. The predicted molar refractivity (Wildman–Crippen MR) is 76.8 cm³/mol. The van der Waals surface area contributed by atoms with Gasteiger partial charge < -0.3 is 4.74 Å². The molecule has 0 spiro atoms. The molecule has 1 nitrogen and oxygen atoms in total. The highest BCUT2D eigenvalue weighted by Crippen LogP contribution is 2.36. The van der Waals surface area contributed by atoms with Crippen molar-refractivity contribution in [2.24, 2.45) is 0 Å². The number of halogens is 3. The highest BCUT2D eigenvalue weighted by molar-refractivity contribution is 6.33. The minimum atomic E-state index is -0.493. The Morgan fingerprint density at radius 3 is 2.58 bits per heavy atom. The number of hydrogen-bond acceptors (Lipinski definition) is 1. The Morgan fingerprint density at radius 2 is 1.95 bits per heavy atom. The van der Waals surface area contributed by atoms with E-state index in [9.17, 15) is 4.39 Å². The average Bonchev–Trinajstić information content (AvgIpc) is 2.41. The van der Waals surface area contributed by atoms with E-state index in [1.165, 1.54) is 13.2 Å². The number of rotatable bonds is 3. The van der Waals surface area contributed by atoms with Gasteiger partial charge in [0.2, 0.25) is 0 Å². The highest BCUT2D eigenvalue weighted by atomic mass is 35.5. The fraction of sp³-hybridized carbons (Fsp3) is 0.200. The lowest BCUT2D eigenvalue weighted by molar-refractivity contribution is 0.386. The van der Waals surface area contributed by atoms with Crippen molar-refractivity contribution >= 4 is 23.2 Å². The van der Waals surface area contributed by atoms with Crippen LogP contribution in [0.5, 0.6) is 5.75 Å². The van der Waals surface area contributed by atoms with Crippen molar-refractivity contribution in [1.29, 1.82) is 0 Å². The Hall–Kier alpha value is -1.25. The van der Waals surface area contributed by atoms with Gasteiger partial charge >= 0.3 is 0 Å². The maximum atomic E-state index is 13.7. The summed E-state index contributed by atoms with van der Waals surface area (Å²) in [6, 6.07) is 10.3. The molecule has 0 aliphatic heterocycles. The van der Waals surface area contributed by atoms with Crippen molar-refractivity contribution in [3.8, 4) is 5.75 Å². The third-order valence-electron chi connectivity index (χ3n) is 2.96. The third kappa shape index (κ3) is 2.85. The molecule has 19 heavy (non-hydrogen) atoms. The van der Waals surface area contributed by atoms with Crippen molar-refractivity contribution in [1.82, 2.24) is 0 Å². The average molecular weight is 299 g/mol. The maximum Gasteiger partial charge on any atom is 0.165 e. The molecular formula is C15H13Cl2FO. The summed E-state index contributed by atoms with van der Waals surface area (Å²) in [6.45, 7) is 1.91. The molecule has 0 saturated heterocycles. The van der Waals surface area contributed by atoms with Gasteiger partial charge in [-0.15, -0.1) is 11.6 Å². The summed E-state index contributed by atoms with van der Waals surface area (Å²) in [6.07, 6.45) is 0. The van der Waals surface area contributed by atoms with E-state index in [0.29, 0.717) is 10.6 Å². The van der Waals surface area contributed by atoms with E-state index in [0.717, 1.165) is 11.1 Å². The van der Waals surface area contributed by atoms with Gasteiger partial charge in [-0.2, -0.15) is 0 Å². The van der Waals surface area contributed by atoms with E-state index in [1.807, 2.05) is 25.1 Å². The first-order valence-electron chi connectivity index (χ1n) is 5.77. The summed E-state index contributed by atoms with van der Waals surface area (Å²) in [4.78, 5) is 0. The molecule has 0 fully saturated rings. The molecule has 0 radical (unpaired) electrons. The Labute approximate surface area is 121 Å². The van der Waals surface area contributed by atoms with Crippen molar-refractivity contribution in [3.05, 3.63) is 63.9 Å². The Morgan fingerprint density at radius 1 is 1.21 bits per heavy atom. The molecule has 0 heterocycles. The van der Waals surface area contributed by atoms with Gasteiger partial charge in [0, 0.05) is 5.02 Å². The first kappa shape index (κ1) is 14.2. The second-order valence-corrected chi connectivity index (χ2v) is 5.05. The van der Waals surface area contributed by atoms with Crippen LogP contribution in [-0.2, 0) is 0 Å². The first-order valence-corrected chi connectivity index (χ1v) is 6.58. The van der Waals surface area contributed by atoms with Crippen LogP contribution in [0.25, 0.3) is 0 Å². The lowest BCUT2D eigenvalue weighted by atomic mass is 10.0. The molecule has 0 aromatic heterocycles. The normalized spacial score (nSPS) is 12.3. The van der Waals surface area contributed by atoms with Gasteiger partial charge in [0.1, 0.15) is 0 Å². The molecule has 2 aromatic carbocycles. The zero-order valence-electron chi connectivity index (χ0n) is 10.6. The zero-order chi connectivity index (χ0) is 14.0. The molecule has 0 N–H and O–H groups in total. The van der Waals surface area contributed by atoms with Crippen LogP contribution in [0.1, 0.15) is 22.1 Å². The van der Waals surface area contributed by atoms with E-state index in [1.54, 1.807) is 12.1 Å². The summed E-state index contributed by atoms with van der Waals surface area (Å²) in [5.74, 6) is -0.239.